The van der Waals surface area contributed by atoms with E-state index in [1.54, 1.807) is 12.1 Å². The lowest BCUT2D eigenvalue weighted by atomic mass is 10.1. The van der Waals surface area contributed by atoms with Crippen LogP contribution in [0.3, 0.4) is 0 Å². The van der Waals surface area contributed by atoms with E-state index >= 15 is 0 Å². The molecule has 24 heavy (non-hydrogen) atoms. The maximum Gasteiger partial charge on any atom is 0.328 e. The van der Waals surface area contributed by atoms with Crippen molar-refractivity contribution in [2.24, 2.45) is 0 Å². The predicted octanol–water partition coefficient (Wildman–Crippen LogP) is 3.77. The Hall–Kier alpha value is -3.02. The van der Waals surface area contributed by atoms with E-state index in [4.69, 9.17) is 10.2 Å². The molecular formula is C18H16F2O4. The second-order valence-corrected chi connectivity index (χ2v) is 4.74. The number of carboxylic acid groups (broad SMARTS) is 2. The van der Waals surface area contributed by atoms with Crippen LogP contribution < -0.4 is 0 Å². The number of benzene rings is 2. The Morgan fingerprint density at radius 3 is 1.83 bits per heavy atom. The predicted molar refractivity (Wildman–Crippen MR) is 85.4 cm³/mol. The largest absolute Gasteiger partial charge is 0.481 e. The molecule has 0 fully saturated rings. The molecule has 6 heteroatoms. The monoisotopic (exact) mass is 334 g/mol. The van der Waals surface area contributed by atoms with E-state index in [1.807, 2.05) is 0 Å². The molecule has 0 saturated carbocycles. The summed E-state index contributed by atoms with van der Waals surface area (Å²) in [4.78, 5) is 20.2. The third-order valence-electron chi connectivity index (χ3n) is 2.83. The molecule has 4 nitrogen and oxygen atoms in total. The van der Waals surface area contributed by atoms with E-state index < -0.39 is 11.9 Å². The molecule has 0 bridgehead atoms. The summed E-state index contributed by atoms with van der Waals surface area (Å²) in [7, 11) is 0. The van der Waals surface area contributed by atoms with Gasteiger partial charge in [0.25, 0.3) is 0 Å². The zero-order chi connectivity index (χ0) is 17.9. The Bertz CT molecular complexity index is 692. The number of aliphatic carboxylic acids is 2. The molecule has 0 saturated heterocycles. The smallest absolute Gasteiger partial charge is 0.328 e. The first-order chi connectivity index (χ1) is 11.4. The van der Waals surface area contributed by atoms with Gasteiger partial charge < -0.3 is 10.2 Å². The van der Waals surface area contributed by atoms with Crippen molar-refractivity contribution in [3.63, 3.8) is 0 Å². The summed E-state index contributed by atoms with van der Waals surface area (Å²) in [5.41, 5.74) is 1.51. The van der Waals surface area contributed by atoms with Crippen LogP contribution >= 0.6 is 0 Å². The first-order valence-corrected chi connectivity index (χ1v) is 6.99. The Balaban J connectivity index is 0.000000240. The summed E-state index contributed by atoms with van der Waals surface area (Å²) in [6.45, 7) is 0. The van der Waals surface area contributed by atoms with Crippen molar-refractivity contribution in [2.75, 3.05) is 0 Å². The first-order valence-electron chi connectivity index (χ1n) is 6.99. The highest BCUT2D eigenvalue weighted by atomic mass is 19.1. The maximum absolute atomic E-state index is 12.4. The number of aryl methyl sites for hydroxylation is 1. The highest BCUT2D eigenvalue weighted by molar-refractivity contribution is 5.85. The van der Waals surface area contributed by atoms with Crippen LogP contribution in [0.4, 0.5) is 8.78 Å². The lowest BCUT2D eigenvalue weighted by molar-refractivity contribution is -0.137. The van der Waals surface area contributed by atoms with E-state index in [2.05, 4.69) is 0 Å². The molecular weight excluding hydrogens is 318 g/mol. The summed E-state index contributed by atoms with van der Waals surface area (Å²) in [5.74, 6) is -2.48. The van der Waals surface area contributed by atoms with Crippen LogP contribution in [-0.2, 0) is 16.0 Å². The number of rotatable bonds is 5. The topological polar surface area (TPSA) is 74.6 Å². The normalized spacial score (nSPS) is 10.1. The Morgan fingerprint density at radius 1 is 0.875 bits per heavy atom. The standard InChI is InChI=1S/C9H9FO2.C9H7FO2/c2*10-8-4-1-7(2-5-8)3-6-9(11)12/h1-2,4-5H,3,6H2,(H,11,12);1-6H,(H,11,12). The summed E-state index contributed by atoms with van der Waals surface area (Å²) in [6, 6.07) is 11.4. The molecule has 0 radical (unpaired) electrons. The van der Waals surface area contributed by atoms with Crippen LogP contribution in [0.5, 0.6) is 0 Å². The summed E-state index contributed by atoms with van der Waals surface area (Å²) >= 11 is 0. The SMILES string of the molecule is O=C(O)C=Cc1ccc(F)cc1.O=C(O)CCc1ccc(F)cc1. The fourth-order valence-electron chi connectivity index (χ4n) is 1.64. The number of carbonyl (C=O) groups is 2. The van der Waals surface area contributed by atoms with Gasteiger partial charge >= 0.3 is 11.9 Å². The first kappa shape index (κ1) is 19.0. The number of hydrogen-bond donors (Lipinski definition) is 2. The molecule has 0 aliphatic rings. The molecule has 0 amide bonds. The minimum Gasteiger partial charge on any atom is -0.481 e. The van der Waals surface area contributed by atoms with Crippen LogP contribution in [0.15, 0.2) is 54.6 Å². The molecule has 0 atom stereocenters. The highest BCUT2D eigenvalue weighted by Gasteiger charge is 1.98. The Kier molecular flexibility index (Phi) is 7.84. The van der Waals surface area contributed by atoms with Crippen molar-refractivity contribution < 1.29 is 28.6 Å². The van der Waals surface area contributed by atoms with Gasteiger partial charge in [-0.15, -0.1) is 0 Å². The minimum atomic E-state index is -1.01. The van der Waals surface area contributed by atoms with Gasteiger partial charge in [0.2, 0.25) is 0 Å². The molecule has 2 aromatic carbocycles. The highest BCUT2D eigenvalue weighted by Crippen LogP contribution is 2.05. The molecule has 0 aliphatic heterocycles. The molecule has 2 aromatic rings. The maximum atomic E-state index is 12.4. The van der Waals surface area contributed by atoms with Crippen molar-refractivity contribution in [3.05, 3.63) is 77.4 Å². The van der Waals surface area contributed by atoms with Gasteiger partial charge in [0.1, 0.15) is 11.6 Å². The second-order valence-electron chi connectivity index (χ2n) is 4.74. The average Bonchev–Trinajstić information content (AvgIpc) is 2.54. The summed E-state index contributed by atoms with van der Waals surface area (Å²) in [5, 5.41) is 16.6. The molecule has 2 N–H and O–H groups in total. The van der Waals surface area contributed by atoms with Gasteiger partial charge in [-0.3, -0.25) is 4.79 Å². The quantitative estimate of drug-likeness (QED) is 0.816. The average molecular weight is 334 g/mol. The van der Waals surface area contributed by atoms with Crippen LogP contribution in [-0.4, -0.2) is 22.2 Å². The van der Waals surface area contributed by atoms with E-state index in [1.165, 1.54) is 42.5 Å². The van der Waals surface area contributed by atoms with Crippen LogP contribution in [0, 0.1) is 11.6 Å². The van der Waals surface area contributed by atoms with Gasteiger partial charge in [-0.2, -0.15) is 0 Å². The van der Waals surface area contributed by atoms with E-state index in [0.717, 1.165) is 11.6 Å². The number of carboxylic acids is 2. The van der Waals surface area contributed by atoms with Gasteiger partial charge in [-0.25, -0.2) is 13.6 Å². The summed E-state index contributed by atoms with van der Waals surface area (Å²) < 4.78 is 24.7. The van der Waals surface area contributed by atoms with Crippen molar-refractivity contribution in [1.29, 1.82) is 0 Å². The minimum absolute atomic E-state index is 0.0889. The lowest BCUT2D eigenvalue weighted by Crippen LogP contribution is -1.97. The van der Waals surface area contributed by atoms with E-state index in [-0.39, 0.29) is 18.1 Å². The van der Waals surface area contributed by atoms with Gasteiger partial charge in [0, 0.05) is 12.5 Å². The summed E-state index contributed by atoms with van der Waals surface area (Å²) in [6.07, 6.45) is 2.95. The van der Waals surface area contributed by atoms with Crippen LogP contribution in [0.1, 0.15) is 17.5 Å². The molecule has 0 aromatic heterocycles. The molecule has 2 rings (SSSR count). The molecule has 0 heterocycles. The van der Waals surface area contributed by atoms with Gasteiger partial charge in [-0.1, -0.05) is 24.3 Å². The van der Waals surface area contributed by atoms with Crippen molar-refractivity contribution in [2.45, 2.75) is 12.8 Å². The van der Waals surface area contributed by atoms with Gasteiger partial charge in [-0.05, 0) is 47.9 Å². The van der Waals surface area contributed by atoms with Crippen molar-refractivity contribution in [3.8, 4) is 0 Å². The number of hydrogen-bond acceptors (Lipinski definition) is 2. The van der Waals surface area contributed by atoms with Crippen LogP contribution in [0.2, 0.25) is 0 Å². The zero-order valence-electron chi connectivity index (χ0n) is 12.7. The van der Waals surface area contributed by atoms with E-state index in [9.17, 15) is 18.4 Å². The molecule has 0 spiro atoms. The van der Waals surface area contributed by atoms with E-state index in [0.29, 0.717) is 12.0 Å². The Labute approximate surface area is 137 Å². The van der Waals surface area contributed by atoms with Gasteiger partial charge in [0.15, 0.2) is 0 Å². The fraction of sp³-hybridized carbons (Fsp3) is 0.111. The van der Waals surface area contributed by atoms with Crippen LogP contribution in [0.25, 0.3) is 6.08 Å². The Morgan fingerprint density at radius 2 is 1.38 bits per heavy atom. The van der Waals surface area contributed by atoms with Crippen molar-refractivity contribution in [1.82, 2.24) is 0 Å². The van der Waals surface area contributed by atoms with Gasteiger partial charge in [0.05, 0.1) is 0 Å². The third kappa shape index (κ3) is 8.43. The lowest BCUT2D eigenvalue weighted by Gasteiger charge is -1.96. The third-order valence-corrected chi connectivity index (χ3v) is 2.83. The molecule has 126 valence electrons. The molecule has 0 unspecified atom stereocenters. The second kappa shape index (κ2) is 9.89. The zero-order valence-corrected chi connectivity index (χ0v) is 12.7. The van der Waals surface area contributed by atoms with Crippen molar-refractivity contribution >= 4 is 18.0 Å². The fourth-order valence-corrected chi connectivity index (χ4v) is 1.64. The number of halogens is 2. The molecule has 0 aliphatic carbocycles.